The summed E-state index contributed by atoms with van der Waals surface area (Å²) >= 11 is 0. The average Bonchev–Trinajstić information content (AvgIpc) is 2.98. The van der Waals surface area contributed by atoms with Gasteiger partial charge in [0.1, 0.15) is 5.75 Å². The molecule has 3 heterocycles. The van der Waals surface area contributed by atoms with Crippen LogP contribution in [0.2, 0.25) is 0 Å². The molecule has 0 unspecified atom stereocenters. The van der Waals surface area contributed by atoms with E-state index in [1.54, 1.807) is 22.1 Å². The number of hydrogen-bond acceptors (Lipinski definition) is 5. The van der Waals surface area contributed by atoms with E-state index in [0.29, 0.717) is 26.1 Å². The van der Waals surface area contributed by atoms with Crippen LogP contribution >= 0.6 is 0 Å². The zero-order valence-electron chi connectivity index (χ0n) is 18.0. The molecule has 1 aromatic carbocycles. The molecule has 2 aromatic heterocycles. The molecular weight excluding hydrogens is 404 g/mol. The summed E-state index contributed by atoms with van der Waals surface area (Å²) < 4.78 is 0. The number of rotatable bonds is 5. The van der Waals surface area contributed by atoms with Crippen molar-refractivity contribution in [2.24, 2.45) is 5.92 Å². The van der Waals surface area contributed by atoms with Gasteiger partial charge in [0, 0.05) is 50.3 Å². The van der Waals surface area contributed by atoms with Crippen LogP contribution in [0.15, 0.2) is 67.1 Å². The van der Waals surface area contributed by atoms with Crippen LogP contribution < -0.4 is 0 Å². The maximum atomic E-state index is 13.3. The molecule has 0 spiro atoms. The first-order valence-corrected chi connectivity index (χ1v) is 10.8. The highest BCUT2D eigenvalue weighted by Gasteiger charge is 2.33. The summed E-state index contributed by atoms with van der Waals surface area (Å²) in [6, 6.07) is 14.9. The SMILES string of the molecule is CCN1CCN(C(=O)c2ncccc2O)C[C@@H](Cc2ccccc2-c2cccnc2)C1=O. The number of nitrogens with zero attached hydrogens (tertiary/aromatic N) is 4. The molecule has 0 bridgehead atoms. The van der Waals surface area contributed by atoms with Crippen molar-refractivity contribution in [1.29, 1.82) is 0 Å². The highest BCUT2D eigenvalue weighted by molar-refractivity contribution is 5.95. The zero-order chi connectivity index (χ0) is 22.5. The highest BCUT2D eigenvalue weighted by atomic mass is 16.3. The molecule has 1 fully saturated rings. The lowest BCUT2D eigenvalue weighted by molar-refractivity contribution is -0.134. The molecule has 4 rings (SSSR count). The van der Waals surface area contributed by atoms with Gasteiger partial charge in [-0.1, -0.05) is 30.3 Å². The Labute approximate surface area is 187 Å². The van der Waals surface area contributed by atoms with Crippen LogP contribution in [0.25, 0.3) is 11.1 Å². The maximum absolute atomic E-state index is 13.3. The fourth-order valence-electron chi connectivity index (χ4n) is 4.17. The smallest absolute Gasteiger partial charge is 0.276 e. The van der Waals surface area contributed by atoms with Crippen molar-refractivity contribution in [2.45, 2.75) is 13.3 Å². The Hall–Kier alpha value is -3.74. The Kier molecular flexibility index (Phi) is 6.44. The fraction of sp³-hybridized carbons (Fsp3) is 0.280. The number of hydrogen-bond donors (Lipinski definition) is 1. The first kappa shape index (κ1) is 21.5. The van der Waals surface area contributed by atoms with Crippen LogP contribution in [-0.2, 0) is 11.2 Å². The monoisotopic (exact) mass is 430 g/mol. The number of carbonyl (C=O) groups excluding carboxylic acids is 2. The van der Waals surface area contributed by atoms with E-state index in [1.807, 2.05) is 49.5 Å². The first-order valence-electron chi connectivity index (χ1n) is 10.8. The predicted octanol–water partition coefficient (Wildman–Crippen LogP) is 3.01. The summed E-state index contributed by atoms with van der Waals surface area (Å²) in [6.45, 7) is 3.65. The van der Waals surface area contributed by atoms with Gasteiger partial charge in [-0.05, 0) is 42.7 Å². The maximum Gasteiger partial charge on any atom is 0.276 e. The molecule has 2 amide bonds. The number of benzene rings is 1. The van der Waals surface area contributed by atoms with E-state index >= 15 is 0 Å². The van der Waals surface area contributed by atoms with E-state index in [2.05, 4.69) is 9.97 Å². The third-order valence-electron chi connectivity index (χ3n) is 5.86. The van der Waals surface area contributed by atoms with Crippen LogP contribution in [0, 0.1) is 5.92 Å². The van der Waals surface area contributed by atoms with E-state index in [1.165, 1.54) is 12.3 Å². The van der Waals surface area contributed by atoms with Crippen molar-refractivity contribution in [3.63, 3.8) is 0 Å². The molecule has 1 aliphatic heterocycles. The van der Waals surface area contributed by atoms with Gasteiger partial charge < -0.3 is 14.9 Å². The largest absolute Gasteiger partial charge is 0.505 e. The number of carbonyl (C=O) groups is 2. The molecule has 1 atom stereocenters. The van der Waals surface area contributed by atoms with Crippen molar-refractivity contribution in [2.75, 3.05) is 26.2 Å². The van der Waals surface area contributed by atoms with E-state index in [4.69, 9.17) is 0 Å². The number of likely N-dealkylation sites (N-methyl/N-ethyl adjacent to an activating group) is 1. The molecule has 0 radical (unpaired) electrons. The second-order valence-corrected chi connectivity index (χ2v) is 7.84. The van der Waals surface area contributed by atoms with Gasteiger partial charge in [0.25, 0.3) is 5.91 Å². The number of amides is 2. The van der Waals surface area contributed by atoms with Crippen LogP contribution in [0.1, 0.15) is 23.0 Å². The molecule has 7 heteroatoms. The Morgan fingerprint density at radius 3 is 2.66 bits per heavy atom. The minimum absolute atomic E-state index is 0.0133. The Balaban J connectivity index is 1.64. The van der Waals surface area contributed by atoms with Gasteiger partial charge in [-0.2, -0.15) is 0 Å². The molecule has 164 valence electrons. The summed E-state index contributed by atoms with van der Waals surface area (Å²) in [7, 11) is 0. The van der Waals surface area contributed by atoms with E-state index in [9.17, 15) is 14.7 Å². The summed E-state index contributed by atoms with van der Waals surface area (Å²) in [5, 5.41) is 10.1. The molecule has 0 saturated carbocycles. The third-order valence-corrected chi connectivity index (χ3v) is 5.86. The Bertz CT molecular complexity index is 1100. The highest BCUT2D eigenvalue weighted by Crippen LogP contribution is 2.27. The van der Waals surface area contributed by atoms with Gasteiger partial charge in [0.2, 0.25) is 5.91 Å². The van der Waals surface area contributed by atoms with Crippen molar-refractivity contribution in [3.05, 3.63) is 78.4 Å². The number of aromatic hydroxyl groups is 1. The lowest BCUT2D eigenvalue weighted by Crippen LogP contribution is -2.38. The zero-order valence-corrected chi connectivity index (χ0v) is 18.0. The summed E-state index contributed by atoms with van der Waals surface area (Å²) in [5.74, 6) is -0.877. The van der Waals surface area contributed by atoms with Crippen LogP contribution in [-0.4, -0.2) is 62.9 Å². The Morgan fingerprint density at radius 2 is 1.91 bits per heavy atom. The first-order chi connectivity index (χ1) is 15.6. The van der Waals surface area contributed by atoms with Crippen LogP contribution in [0.5, 0.6) is 5.75 Å². The third kappa shape index (κ3) is 4.46. The number of pyridine rings is 2. The van der Waals surface area contributed by atoms with E-state index in [-0.39, 0.29) is 29.8 Å². The standard InChI is InChI=1S/C25H26N4O3/c1-2-28-13-14-29(25(32)23-22(30)10-6-12-27-23)17-20(24(28)31)15-18-7-3-4-9-21(18)19-8-5-11-26-16-19/h3-12,16,20,30H,2,13-15,17H2,1H3/t20-/m1/s1. The fourth-order valence-corrected chi connectivity index (χ4v) is 4.17. The predicted molar refractivity (Wildman–Crippen MR) is 121 cm³/mol. The van der Waals surface area contributed by atoms with E-state index in [0.717, 1.165) is 16.7 Å². The topological polar surface area (TPSA) is 86.6 Å². The van der Waals surface area contributed by atoms with Crippen LogP contribution in [0.3, 0.4) is 0 Å². The van der Waals surface area contributed by atoms with Gasteiger partial charge in [0.15, 0.2) is 5.69 Å². The molecule has 1 N–H and O–H groups in total. The van der Waals surface area contributed by atoms with Crippen molar-refractivity contribution in [3.8, 4) is 16.9 Å². The quantitative estimate of drug-likeness (QED) is 0.672. The van der Waals surface area contributed by atoms with Crippen molar-refractivity contribution in [1.82, 2.24) is 19.8 Å². The number of aromatic nitrogens is 2. The molecule has 0 aliphatic carbocycles. The molecule has 3 aromatic rings. The summed E-state index contributed by atoms with van der Waals surface area (Å²) in [6.07, 6.45) is 5.52. The molecule has 7 nitrogen and oxygen atoms in total. The van der Waals surface area contributed by atoms with Gasteiger partial charge in [-0.3, -0.25) is 14.6 Å². The summed E-state index contributed by atoms with van der Waals surface area (Å²) in [5.41, 5.74) is 3.06. The van der Waals surface area contributed by atoms with Crippen molar-refractivity contribution >= 4 is 11.8 Å². The molecular formula is C25H26N4O3. The normalized spacial score (nSPS) is 16.7. The minimum Gasteiger partial charge on any atom is -0.505 e. The second kappa shape index (κ2) is 9.60. The van der Waals surface area contributed by atoms with Gasteiger partial charge in [-0.15, -0.1) is 0 Å². The molecule has 1 aliphatic rings. The minimum atomic E-state index is -0.398. The van der Waals surface area contributed by atoms with Crippen molar-refractivity contribution < 1.29 is 14.7 Å². The van der Waals surface area contributed by atoms with Crippen LogP contribution in [0.4, 0.5) is 0 Å². The Morgan fingerprint density at radius 1 is 1.09 bits per heavy atom. The van der Waals surface area contributed by atoms with Gasteiger partial charge in [-0.25, -0.2) is 4.98 Å². The molecule has 1 saturated heterocycles. The molecule has 32 heavy (non-hydrogen) atoms. The lowest BCUT2D eigenvalue weighted by Gasteiger charge is -2.24. The summed E-state index contributed by atoms with van der Waals surface area (Å²) in [4.78, 5) is 38.1. The second-order valence-electron chi connectivity index (χ2n) is 7.84. The average molecular weight is 431 g/mol. The van der Waals surface area contributed by atoms with Gasteiger partial charge in [0.05, 0.1) is 5.92 Å². The lowest BCUT2D eigenvalue weighted by atomic mass is 9.91. The van der Waals surface area contributed by atoms with E-state index < -0.39 is 5.92 Å². The van der Waals surface area contributed by atoms with Gasteiger partial charge >= 0.3 is 0 Å².